The van der Waals surface area contributed by atoms with Crippen LogP contribution in [0.4, 0.5) is 23.1 Å². The maximum Gasteiger partial charge on any atom is 0.339 e. The van der Waals surface area contributed by atoms with Crippen molar-refractivity contribution >= 4 is 29.1 Å². The first-order chi connectivity index (χ1) is 13.1. The Morgan fingerprint density at radius 2 is 1.89 bits per heavy atom. The molecule has 0 bridgehead atoms. The van der Waals surface area contributed by atoms with Crippen LogP contribution in [-0.2, 0) is 4.74 Å². The molecule has 0 aliphatic heterocycles. The van der Waals surface area contributed by atoms with Crippen molar-refractivity contribution in [3.8, 4) is 6.07 Å². The summed E-state index contributed by atoms with van der Waals surface area (Å²) in [6, 6.07) is 17.9. The molecule has 0 aliphatic carbocycles. The van der Waals surface area contributed by atoms with E-state index in [-0.39, 0.29) is 0 Å². The molecular formula is C20H17N5O2. The number of carbonyl (C=O) groups excluding carboxylic acids is 1. The number of hydrogen-bond acceptors (Lipinski definition) is 7. The fourth-order valence-electron chi connectivity index (χ4n) is 2.50. The fourth-order valence-corrected chi connectivity index (χ4v) is 2.50. The molecule has 0 fully saturated rings. The Kier molecular flexibility index (Phi) is 5.28. The van der Waals surface area contributed by atoms with Crippen molar-refractivity contribution < 1.29 is 9.53 Å². The minimum atomic E-state index is -0.435. The van der Waals surface area contributed by atoms with Gasteiger partial charge in [0.05, 0.1) is 30.0 Å². The van der Waals surface area contributed by atoms with Gasteiger partial charge >= 0.3 is 5.97 Å². The minimum Gasteiger partial charge on any atom is -0.465 e. The van der Waals surface area contributed by atoms with Crippen molar-refractivity contribution in [2.45, 2.75) is 6.92 Å². The molecule has 0 amide bonds. The highest BCUT2D eigenvalue weighted by Crippen LogP contribution is 2.23. The minimum absolute atomic E-state index is 0.378. The number of nitrogens with zero attached hydrogens (tertiary/aromatic N) is 3. The predicted molar refractivity (Wildman–Crippen MR) is 102 cm³/mol. The second-order valence-electron chi connectivity index (χ2n) is 5.70. The van der Waals surface area contributed by atoms with Gasteiger partial charge in [-0.05, 0) is 37.3 Å². The van der Waals surface area contributed by atoms with Crippen LogP contribution in [0, 0.1) is 18.3 Å². The zero-order valence-electron chi connectivity index (χ0n) is 14.9. The van der Waals surface area contributed by atoms with E-state index < -0.39 is 5.97 Å². The molecule has 0 unspecified atom stereocenters. The van der Waals surface area contributed by atoms with Gasteiger partial charge in [-0.1, -0.05) is 18.2 Å². The maximum atomic E-state index is 11.9. The number of aryl methyl sites for hydroxylation is 1. The number of nitrogens with one attached hydrogen (secondary N) is 2. The van der Waals surface area contributed by atoms with Crippen LogP contribution in [0.1, 0.15) is 21.6 Å². The van der Waals surface area contributed by atoms with Gasteiger partial charge in [-0.25, -0.2) is 9.78 Å². The lowest BCUT2D eigenvalue weighted by Crippen LogP contribution is -2.07. The first-order valence-electron chi connectivity index (χ1n) is 8.16. The molecule has 0 saturated heterocycles. The van der Waals surface area contributed by atoms with Crippen molar-refractivity contribution in [3.63, 3.8) is 0 Å². The molecule has 7 heteroatoms. The van der Waals surface area contributed by atoms with Gasteiger partial charge in [0.25, 0.3) is 0 Å². The number of methoxy groups -OCH3 is 1. The number of rotatable bonds is 5. The summed E-state index contributed by atoms with van der Waals surface area (Å²) >= 11 is 0. The average molecular weight is 359 g/mol. The highest BCUT2D eigenvalue weighted by Gasteiger charge is 2.12. The number of hydrogen-bond donors (Lipinski definition) is 2. The van der Waals surface area contributed by atoms with Gasteiger partial charge in [0.15, 0.2) is 0 Å². The van der Waals surface area contributed by atoms with Crippen LogP contribution in [-0.4, -0.2) is 23.0 Å². The molecule has 1 heterocycles. The zero-order chi connectivity index (χ0) is 19.2. The van der Waals surface area contributed by atoms with E-state index >= 15 is 0 Å². The summed E-state index contributed by atoms with van der Waals surface area (Å²) in [5.74, 6) is 0.469. The first-order valence-corrected chi connectivity index (χ1v) is 8.16. The monoisotopic (exact) mass is 359 g/mol. The second-order valence-corrected chi connectivity index (χ2v) is 5.70. The lowest BCUT2D eigenvalue weighted by molar-refractivity contribution is 0.0602. The van der Waals surface area contributed by atoms with Crippen LogP contribution >= 0.6 is 0 Å². The molecular weight excluding hydrogens is 342 g/mol. The molecule has 0 spiro atoms. The molecule has 1 aromatic heterocycles. The molecule has 0 aliphatic rings. The molecule has 2 N–H and O–H groups in total. The highest BCUT2D eigenvalue weighted by atomic mass is 16.5. The standard InChI is InChI=1S/C20H17N5O2/c1-13-10-18(24-17-9-4-3-8-16(17)19(26)27-2)25-20(22-13)23-15-7-5-6-14(11-15)12-21/h3-11H,1-2H3,(H2,22,23,24,25). The van der Waals surface area contributed by atoms with Crippen molar-refractivity contribution in [2.75, 3.05) is 17.7 Å². The third kappa shape index (κ3) is 4.38. The summed E-state index contributed by atoms with van der Waals surface area (Å²) in [5, 5.41) is 15.2. The molecule has 7 nitrogen and oxygen atoms in total. The van der Waals surface area contributed by atoms with Crippen LogP contribution in [0.3, 0.4) is 0 Å². The summed E-state index contributed by atoms with van der Waals surface area (Å²) in [6.07, 6.45) is 0. The number of ether oxygens (including phenoxy) is 1. The van der Waals surface area contributed by atoms with Crippen LogP contribution in [0.2, 0.25) is 0 Å². The van der Waals surface area contributed by atoms with Crippen LogP contribution in [0.25, 0.3) is 0 Å². The number of nitriles is 1. The molecule has 27 heavy (non-hydrogen) atoms. The largest absolute Gasteiger partial charge is 0.465 e. The van der Waals surface area contributed by atoms with Crippen LogP contribution in [0.15, 0.2) is 54.6 Å². The quantitative estimate of drug-likeness (QED) is 0.666. The molecule has 0 saturated carbocycles. The van der Waals surface area contributed by atoms with Gasteiger partial charge in [-0.3, -0.25) is 0 Å². The van der Waals surface area contributed by atoms with Crippen LogP contribution in [0.5, 0.6) is 0 Å². The Morgan fingerprint density at radius 3 is 2.67 bits per heavy atom. The molecule has 3 aromatic rings. The van der Waals surface area contributed by atoms with Gasteiger partial charge in [0.2, 0.25) is 5.95 Å². The van der Waals surface area contributed by atoms with E-state index in [0.717, 1.165) is 5.69 Å². The number of aromatic nitrogens is 2. The van der Waals surface area contributed by atoms with Gasteiger partial charge in [-0.2, -0.15) is 10.2 Å². The van der Waals surface area contributed by atoms with E-state index in [9.17, 15) is 4.79 Å². The maximum absolute atomic E-state index is 11.9. The van der Waals surface area contributed by atoms with Crippen molar-refractivity contribution in [3.05, 3.63) is 71.4 Å². The lowest BCUT2D eigenvalue weighted by atomic mass is 10.2. The second kappa shape index (κ2) is 7.97. The predicted octanol–water partition coefficient (Wildman–Crippen LogP) is 3.93. The Hall–Kier alpha value is -3.92. The van der Waals surface area contributed by atoms with E-state index in [0.29, 0.717) is 34.3 Å². The first kappa shape index (κ1) is 17.9. The Bertz CT molecular complexity index is 1030. The van der Waals surface area contributed by atoms with E-state index in [4.69, 9.17) is 10.00 Å². The molecule has 2 aromatic carbocycles. The number of esters is 1. The summed E-state index contributed by atoms with van der Waals surface area (Å²) in [5.41, 5.74) is 2.98. The smallest absolute Gasteiger partial charge is 0.339 e. The molecule has 3 rings (SSSR count). The van der Waals surface area contributed by atoms with E-state index in [1.165, 1.54) is 7.11 Å². The Morgan fingerprint density at radius 1 is 1.07 bits per heavy atom. The van der Waals surface area contributed by atoms with E-state index in [2.05, 4.69) is 26.7 Å². The lowest BCUT2D eigenvalue weighted by Gasteiger charge is -2.12. The topological polar surface area (TPSA) is 99.9 Å². The SMILES string of the molecule is COC(=O)c1ccccc1Nc1cc(C)nc(Nc2cccc(C#N)c2)n1. The third-order valence-corrected chi connectivity index (χ3v) is 3.70. The summed E-state index contributed by atoms with van der Waals surface area (Å²) in [7, 11) is 1.34. The number of anilines is 4. The summed E-state index contributed by atoms with van der Waals surface area (Å²) in [6.45, 7) is 1.84. The van der Waals surface area contributed by atoms with Crippen LogP contribution < -0.4 is 10.6 Å². The Balaban J connectivity index is 1.88. The van der Waals surface area contributed by atoms with E-state index in [1.54, 1.807) is 42.5 Å². The van der Waals surface area contributed by atoms with Gasteiger partial charge < -0.3 is 15.4 Å². The summed E-state index contributed by atoms with van der Waals surface area (Å²) in [4.78, 5) is 20.7. The van der Waals surface area contributed by atoms with Gasteiger partial charge in [-0.15, -0.1) is 0 Å². The van der Waals surface area contributed by atoms with Crippen molar-refractivity contribution in [2.24, 2.45) is 0 Å². The van der Waals surface area contributed by atoms with E-state index in [1.807, 2.05) is 19.1 Å². The molecule has 134 valence electrons. The number of para-hydroxylation sites is 1. The van der Waals surface area contributed by atoms with Crippen molar-refractivity contribution in [1.29, 1.82) is 5.26 Å². The highest BCUT2D eigenvalue weighted by molar-refractivity contribution is 5.96. The number of carbonyl (C=O) groups is 1. The Labute approximate surface area is 156 Å². The molecule has 0 radical (unpaired) electrons. The summed E-state index contributed by atoms with van der Waals surface area (Å²) < 4.78 is 4.81. The van der Waals surface area contributed by atoms with Crippen molar-refractivity contribution in [1.82, 2.24) is 9.97 Å². The molecule has 0 atom stereocenters. The average Bonchev–Trinajstić information content (AvgIpc) is 2.67. The third-order valence-electron chi connectivity index (χ3n) is 3.70. The van der Waals surface area contributed by atoms with Gasteiger partial charge in [0, 0.05) is 17.4 Å². The normalized spacial score (nSPS) is 9.96. The fraction of sp³-hybridized carbons (Fsp3) is 0.100. The zero-order valence-corrected chi connectivity index (χ0v) is 14.9. The van der Waals surface area contributed by atoms with Gasteiger partial charge in [0.1, 0.15) is 5.82 Å². The number of benzene rings is 2.